The molecule has 7 heteroatoms. The summed E-state index contributed by atoms with van der Waals surface area (Å²) in [5, 5.41) is 3.26. The number of hydrogen-bond donors (Lipinski definition) is 1. The van der Waals surface area contributed by atoms with Crippen LogP contribution in [0.1, 0.15) is 30.1 Å². The fourth-order valence-electron chi connectivity index (χ4n) is 2.19. The normalized spacial score (nSPS) is 10.8. The van der Waals surface area contributed by atoms with Crippen molar-refractivity contribution in [3.63, 3.8) is 0 Å². The van der Waals surface area contributed by atoms with E-state index in [1.807, 2.05) is 6.07 Å². The van der Waals surface area contributed by atoms with Crippen LogP contribution < -0.4 is 10.1 Å². The molecule has 0 saturated carbocycles. The summed E-state index contributed by atoms with van der Waals surface area (Å²) in [6.07, 6.45) is 2.04. The molecular formula is C17H16ClN3O2S. The monoisotopic (exact) mass is 361 g/mol. The van der Waals surface area contributed by atoms with E-state index in [1.54, 1.807) is 30.3 Å². The Morgan fingerprint density at radius 2 is 2.17 bits per heavy atom. The molecule has 5 nitrogen and oxygen atoms in total. The minimum absolute atomic E-state index is 0.265. The molecule has 1 N–H and O–H groups in total. The third-order valence-corrected chi connectivity index (χ3v) is 4.34. The van der Waals surface area contributed by atoms with Crippen LogP contribution >= 0.6 is 23.3 Å². The van der Waals surface area contributed by atoms with Gasteiger partial charge < -0.3 is 10.1 Å². The van der Waals surface area contributed by atoms with Crippen molar-refractivity contribution in [1.29, 1.82) is 0 Å². The molecule has 0 unspecified atom stereocenters. The lowest BCUT2D eigenvalue weighted by Crippen LogP contribution is -2.13. The predicted molar refractivity (Wildman–Crippen MR) is 97.2 cm³/mol. The molecule has 0 radical (unpaired) electrons. The van der Waals surface area contributed by atoms with Crippen LogP contribution in [0.15, 0.2) is 36.4 Å². The van der Waals surface area contributed by atoms with Crippen molar-refractivity contribution in [3.8, 4) is 5.75 Å². The van der Waals surface area contributed by atoms with Crippen LogP contribution in [0.3, 0.4) is 0 Å². The van der Waals surface area contributed by atoms with Gasteiger partial charge in [-0.05, 0) is 36.8 Å². The number of aromatic nitrogens is 2. The van der Waals surface area contributed by atoms with Crippen LogP contribution in [0.2, 0.25) is 5.02 Å². The SMILES string of the molecule is CCCCOc1cccc(C(=O)Nc2c(Cl)ccc3nsnc23)c1. The molecule has 1 heterocycles. The van der Waals surface area contributed by atoms with Gasteiger partial charge >= 0.3 is 0 Å². The molecule has 0 bridgehead atoms. The Balaban J connectivity index is 1.80. The smallest absolute Gasteiger partial charge is 0.255 e. The van der Waals surface area contributed by atoms with E-state index in [2.05, 4.69) is 21.0 Å². The Hall–Kier alpha value is -2.18. The highest BCUT2D eigenvalue weighted by Crippen LogP contribution is 2.30. The predicted octanol–water partition coefficient (Wildman–Crippen LogP) is 4.78. The number of halogens is 1. The third kappa shape index (κ3) is 3.66. The van der Waals surface area contributed by atoms with E-state index in [0.29, 0.717) is 39.7 Å². The quantitative estimate of drug-likeness (QED) is 0.642. The molecule has 0 fully saturated rings. The first-order valence-electron chi connectivity index (χ1n) is 7.64. The number of rotatable bonds is 6. The van der Waals surface area contributed by atoms with Crippen molar-refractivity contribution in [2.45, 2.75) is 19.8 Å². The molecule has 0 atom stereocenters. The van der Waals surface area contributed by atoms with Crippen LogP contribution in [0.25, 0.3) is 11.0 Å². The average Bonchev–Trinajstić information content (AvgIpc) is 3.07. The summed E-state index contributed by atoms with van der Waals surface area (Å²) in [6, 6.07) is 10.6. The van der Waals surface area contributed by atoms with E-state index >= 15 is 0 Å². The van der Waals surface area contributed by atoms with Gasteiger partial charge in [-0.2, -0.15) is 8.75 Å². The highest BCUT2D eigenvalue weighted by Gasteiger charge is 2.14. The summed E-state index contributed by atoms with van der Waals surface area (Å²) in [7, 11) is 0. The second-order valence-electron chi connectivity index (χ2n) is 5.24. The van der Waals surface area contributed by atoms with Crippen LogP contribution in [0, 0.1) is 0 Å². The largest absolute Gasteiger partial charge is 0.494 e. The molecule has 124 valence electrons. The lowest BCUT2D eigenvalue weighted by Gasteiger charge is -2.09. The lowest BCUT2D eigenvalue weighted by molar-refractivity contribution is 0.102. The van der Waals surface area contributed by atoms with Gasteiger partial charge in [0.2, 0.25) is 0 Å². The number of hydrogen-bond acceptors (Lipinski definition) is 5. The number of carbonyl (C=O) groups excluding carboxylic acids is 1. The summed E-state index contributed by atoms with van der Waals surface area (Å²) in [5.41, 5.74) is 2.28. The molecule has 3 aromatic rings. The molecule has 0 aliphatic rings. The zero-order chi connectivity index (χ0) is 16.9. The van der Waals surface area contributed by atoms with Crippen molar-refractivity contribution in [1.82, 2.24) is 8.75 Å². The highest BCUT2D eigenvalue weighted by molar-refractivity contribution is 7.00. The lowest BCUT2D eigenvalue weighted by atomic mass is 10.2. The van der Waals surface area contributed by atoms with Gasteiger partial charge in [0.25, 0.3) is 5.91 Å². The zero-order valence-electron chi connectivity index (χ0n) is 13.1. The van der Waals surface area contributed by atoms with Crippen LogP contribution in [0.4, 0.5) is 5.69 Å². The van der Waals surface area contributed by atoms with Crippen LogP contribution in [-0.2, 0) is 0 Å². The first-order chi connectivity index (χ1) is 11.7. The Kier molecular flexibility index (Phi) is 5.27. The van der Waals surface area contributed by atoms with E-state index in [-0.39, 0.29) is 5.91 Å². The maximum atomic E-state index is 12.5. The Labute approximate surface area is 148 Å². The number of nitrogens with one attached hydrogen (secondary N) is 1. The number of nitrogens with zero attached hydrogens (tertiary/aromatic N) is 2. The van der Waals surface area contributed by atoms with Gasteiger partial charge in [-0.15, -0.1) is 0 Å². The minimum Gasteiger partial charge on any atom is -0.494 e. The van der Waals surface area contributed by atoms with E-state index < -0.39 is 0 Å². The van der Waals surface area contributed by atoms with Crippen molar-refractivity contribution < 1.29 is 9.53 Å². The summed E-state index contributed by atoms with van der Waals surface area (Å²) < 4.78 is 14.0. The van der Waals surface area contributed by atoms with Gasteiger partial charge in [0, 0.05) is 5.56 Å². The van der Waals surface area contributed by atoms with Crippen molar-refractivity contribution in [3.05, 3.63) is 47.0 Å². The molecule has 1 aromatic heterocycles. The first-order valence-corrected chi connectivity index (χ1v) is 8.75. The van der Waals surface area contributed by atoms with Gasteiger partial charge in [0.05, 0.1) is 29.0 Å². The number of benzene rings is 2. The molecular weight excluding hydrogens is 346 g/mol. The van der Waals surface area contributed by atoms with E-state index in [1.165, 1.54) is 0 Å². The van der Waals surface area contributed by atoms with E-state index in [0.717, 1.165) is 24.6 Å². The van der Waals surface area contributed by atoms with Crippen molar-refractivity contribution >= 4 is 46.0 Å². The molecule has 0 spiro atoms. The number of fused-ring (bicyclic) bond motifs is 1. The van der Waals surface area contributed by atoms with Gasteiger partial charge in [0.1, 0.15) is 16.8 Å². The summed E-state index contributed by atoms with van der Waals surface area (Å²) >= 11 is 7.29. The van der Waals surface area contributed by atoms with Gasteiger partial charge in [-0.25, -0.2) is 0 Å². The average molecular weight is 362 g/mol. The van der Waals surface area contributed by atoms with Crippen LogP contribution in [-0.4, -0.2) is 21.3 Å². The zero-order valence-corrected chi connectivity index (χ0v) is 14.7. The van der Waals surface area contributed by atoms with Gasteiger partial charge in [-0.1, -0.05) is 31.0 Å². The number of unbranched alkanes of at least 4 members (excludes halogenated alkanes) is 1. The number of carbonyl (C=O) groups is 1. The molecule has 0 saturated heterocycles. The molecule has 0 aliphatic carbocycles. The van der Waals surface area contributed by atoms with Crippen molar-refractivity contribution in [2.24, 2.45) is 0 Å². The summed E-state index contributed by atoms with van der Waals surface area (Å²) in [4.78, 5) is 12.5. The van der Waals surface area contributed by atoms with Gasteiger partial charge in [0.15, 0.2) is 0 Å². The second-order valence-corrected chi connectivity index (χ2v) is 6.17. The number of amides is 1. The number of ether oxygens (including phenoxy) is 1. The van der Waals surface area contributed by atoms with E-state index in [4.69, 9.17) is 16.3 Å². The molecule has 0 aliphatic heterocycles. The Bertz CT molecular complexity index is 866. The molecule has 1 amide bonds. The maximum Gasteiger partial charge on any atom is 0.255 e. The summed E-state index contributed by atoms with van der Waals surface area (Å²) in [6.45, 7) is 2.74. The molecule has 24 heavy (non-hydrogen) atoms. The Morgan fingerprint density at radius 3 is 3.00 bits per heavy atom. The third-order valence-electron chi connectivity index (χ3n) is 3.48. The minimum atomic E-state index is -0.265. The summed E-state index contributed by atoms with van der Waals surface area (Å²) in [5.74, 6) is 0.411. The first kappa shape index (κ1) is 16.7. The maximum absolute atomic E-state index is 12.5. The fraction of sp³-hybridized carbons (Fsp3) is 0.235. The number of anilines is 1. The van der Waals surface area contributed by atoms with Crippen LogP contribution in [0.5, 0.6) is 5.75 Å². The fourth-order valence-corrected chi connectivity index (χ4v) is 2.94. The van der Waals surface area contributed by atoms with Crippen molar-refractivity contribution in [2.75, 3.05) is 11.9 Å². The Morgan fingerprint density at radius 1 is 1.29 bits per heavy atom. The van der Waals surface area contributed by atoms with E-state index in [9.17, 15) is 4.79 Å². The second kappa shape index (κ2) is 7.59. The van der Waals surface area contributed by atoms with Gasteiger partial charge in [-0.3, -0.25) is 4.79 Å². The molecule has 3 rings (SSSR count). The standard InChI is InChI=1S/C17H16ClN3O2S/c1-2-3-9-23-12-6-4-5-11(10-12)17(22)19-15-13(18)7-8-14-16(15)21-24-20-14/h4-8,10H,2-3,9H2,1H3,(H,19,22). The topological polar surface area (TPSA) is 64.1 Å². The molecule has 2 aromatic carbocycles. The highest BCUT2D eigenvalue weighted by atomic mass is 35.5.